The largest absolute Gasteiger partial charge is 0.377 e. The first-order chi connectivity index (χ1) is 12.1. The van der Waals surface area contributed by atoms with Gasteiger partial charge in [-0.25, -0.2) is 4.98 Å². The quantitative estimate of drug-likeness (QED) is 0.802. The van der Waals surface area contributed by atoms with Gasteiger partial charge in [-0.3, -0.25) is 15.0 Å². The predicted octanol–water partition coefficient (Wildman–Crippen LogP) is 1.54. The molecule has 3 heterocycles. The lowest BCUT2D eigenvalue weighted by Gasteiger charge is -2.31. The summed E-state index contributed by atoms with van der Waals surface area (Å²) in [7, 11) is 1.61. The molecule has 2 aromatic rings. The Labute approximate surface area is 151 Å². The number of aryl methyl sites for hydroxylation is 1. The molecule has 2 aromatic heterocycles. The number of nitrogens with one attached hydrogen (secondary N) is 1. The number of imidazole rings is 1. The standard InChI is InChI=1S/C16H24N6O2S/c1-12-17-5-8-22(12)9-13-3-6-21(7-4-13)10-14(23)18-16-20-19-15(25-16)11-24-2/h5,8,13H,3-4,6-7,9-11H2,1-2H3,(H,18,20,23). The van der Waals surface area contributed by atoms with E-state index in [0.29, 0.717) is 24.2 Å². The van der Waals surface area contributed by atoms with E-state index in [9.17, 15) is 4.79 Å². The summed E-state index contributed by atoms with van der Waals surface area (Å²) in [6.07, 6.45) is 6.08. The van der Waals surface area contributed by atoms with Crippen molar-refractivity contribution in [2.45, 2.75) is 32.9 Å². The number of hydrogen-bond donors (Lipinski definition) is 1. The second-order valence-corrected chi connectivity index (χ2v) is 7.39. The molecule has 1 amide bonds. The van der Waals surface area contributed by atoms with E-state index in [1.165, 1.54) is 11.3 Å². The third kappa shape index (κ3) is 5.07. The topological polar surface area (TPSA) is 85.2 Å². The van der Waals surface area contributed by atoms with E-state index in [4.69, 9.17) is 4.74 Å². The summed E-state index contributed by atoms with van der Waals surface area (Å²) in [5.74, 6) is 1.67. The number of hydrogen-bond acceptors (Lipinski definition) is 7. The van der Waals surface area contributed by atoms with Crippen LogP contribution in [0, 0.1) is 12.8 Å². The Morgan fingerprint density at radius 2 is 2.20 bits per heavy atom. The van der Waals surface area contributed by atoms with Crippen LogP contribution in [-0.4, -0.2) is 57.3 Å². The number of ether oxygens (including phenoxy) is 1. The molecular formula is C16H24N6O2S. The normalized spacial score (nSPS) is 16.2. The third-order valence-corrected chi connectivity index (χ3v) is 5.25. The molecule has 136 valence electrons. The molecule has 1 saturated heterocycles. The summed E-state index contributed by atoms with van der Waals surface area (Å²) in [5.41, 5.74) is 0. The molecule has 1 aliphatic heterocycles. The van der Waals surface area contributed by atoms with E-state index in [1.807, 2.05) is 19.3 Å². The van der Waals surface area contributed by atoms with Crippen LogP contribution >= 0.6 is 11.3 Å². The van der Waals surface area contributed by atoms with Crippen LogP contribution in [0.3, 0.4) is 0 Å². The van der Waals surface area contributed by atoms with Gasteiger partial charge in [0.15, 0.2) is 0 Å². The molecule has 9 heteroatoms. The van der Waals surface area contributed by atoms with E-state index in [1.54, 1.807) is 7.11 Å². The van der Waals surface area contributed by atoms with Crippen molar-refractivity contribution in [1.82, 2.24) is 24.6 Å². The number of amides is 1. The molecule has 0 bridgehead atoms. The molecule has 0 atom stereocenters. The van der Waals surface area contributed by atoms with Crippen LogP contribution in [0.4, 0.5) is 5.13 Å². The number of piperidine rings is 1. The summed E-state index contributed by atoms with van der Waals surface area (Å²) in [6, 6.07) is 0. The van der Waals surface area contributed by atoms with Crippen LogP contribution in [0.25, 0.3) is 0 Å². The van der Waals surface area contributed by atoms with Gasteiger partial charge in [-0.1, -0.05) is 11.3 Å². The molecule has 0 aliphatic carbocycles. The molecule has 8 nitrogen and oxygen atoms in total. The minimum absolute atomic E-state index is 0.0379. The van der Waals surface area contributed by atoms with Gasteiger partial charge in [0.05, 0.1) is 6.54 Å². The Bertz CT molecular complexity index is 692. The Balaban J connectivity index is 1.40. The predicted molar refractivity (Wildman–Crippen MR) is 95.4 cm³/mol. The van der Waals surface area contributed by atoms with Crippen molar-refractivity contribution < 1.29 is 9.53 Å². The number of likely N-dealkylation sites (tertiary alicyclic amines) is 1. The van der Waals surface area contributed by atoms with Crippen LogP contribution in [0.15, 0.2) is 12.4 Å². The average molecular weight is 364 g/mol. The first kappa shape index (κ1) is 18.0. The van der Waals surface area contributed by atoms with E-state index in [-0.39, 0.29) is 5.91 Å². The number of methoxy groups -OCH3 is 1. The van der Waals surface area contributed by atoms with E-state index in [2.05, 4.69) is 30.0 Å². The lowest BCUT2D eigenvalue weighted by molar-refractivity contribution is -0.117. The summed E-state index contributed by atoms with van der Waals surface area (Å²) in [6.45, 7) is 5.74. The highest BCUT2D eigenvalue weighted by Gasteiger charge is 2.22. The molecule has 1 aliphatic rings. The van der Waals surface area contributed by atoms with Gasteiger partial charge in [0, 0.05) is 26.0 Å². The lowest BCUT2D eigenvalue weighted by Crippen LogP contribution is -2.40. The molecule has 0 saturated carbocycles. The van der Waals surface area contributed by atoms with E-state index >= 15 is 0 Å². The highest BCUT2D eigenvalue weighted by Crippen LogP contribution is 2.20. The van der Waals surface area contributed by atoms with Gasteiger partial charge in [-0.15, -0.1) is 10.2 Å². The zero-order chi connectivity index (χ0) is 17.6. The fraction of sp³-hybridized carbons (Fsp3) is 0.625. The first-order valence-electron chi connectivity index (χ1n) is 8.45. The Morgan fingerprint density at radius 3 is 2.88 bits per heavy atom. The zero-order valence-electron chi connectivity index (χ0n) is 14.6. The first-order valence-corrected chi connectivity index (χ1v) is 9.27. The van der Waals surface area contributed by atoms with Crippen molar-refractivity contribution >= 4 is 22.4 Å². The minimum Gasteiger partial charge on any atom is -0.377 e. The average Bonchev–Trinajstić information content (AvgIpc) is 3.19. The highest BCUT2D eigenvalue weighted by molar-refractivity contribution is 7.15. The SMILES string of the molecule is COCc1nnc(NC(=O)CN2CCC(Cn3ccnc3C)CC2)s1. The number of carbonyl (C=O) groups is 1. The molecule has 3 rings (SSSR count). The molecule has 0 spiro atoms. The van der Waals surface area contributed by atoms with Crippen LogP contribution < -0.4 is 5.32 Å². The van der Waals surface area contributed by atoms with Gasteiger partial charge >= 0.3 is 0 Å². The maximum atomic E-state index is 12.2. The van der Waals surface area contributed by atoms with Gasteiger partial charge in [-0.2, -0.15) is 0 Å². The monoisotopic (exact) mass is 364 g/mol. The number of nitrogens with zero attached hydrogens (tertiary/aromatic N) is 5. The van der Waals surface area contributed by atoms with Gasteiger partial charge in [0.2, 0.25) is 11.0 Å². The maximum absolute atomic E-state index is 12.2. The van der Waals surface area contributed by atoms with Crippen molar-refractivity contribution in [1.29, 1.82) is 0 Å². The summed E-state index contributed by atoms with van der Waals surface area (Å²) >= 11 is 1.35. The fourth-order valence-corrected chi connectivity index (χ4v) is 3.78. The second-order valence-electron chi connectivity index (χ2n) is 6.33. The molecule has 0 aromatic carbocycles. The van der Waals surface area contributed by atoms with E-state index < -0.39 is 0 Å². The lowest BCUT2D eigenvalue weighted by atomic mass is 9.96. The Hall–Kier alpha value is -1.84. The zero-order valence-corrected chi connectivity index (χ0v) is 15.5. The summed E-state index contributed by atoms with van der Waals surface area (Å²) in [5, 5.41) is 12.0. The van der Waals surface area contributed by atoms with Crippen LogP contribution in [0.1, 0.15) is 23.7 Å². The van der Waals surface area contributed by atoms with Gasteiger partial charge in [0.25, 0.3) is 0 Å². The van der Waals surface area contributed by atoms with Crippen molar-refractivity contribution in [2.75, 3.05) is 32.1 Å². The van der Waals surface area contributed by atoms with Crippen molar-refractivity contribution in [3.63, 3.8) is 0 Å². The van der Waals surface area contributed by atoms with E-state index in [0.717, 1.165) is 43.3 Å². The Morgan fingerprint density at radius 1 is 1.40 bits per heavy atom. The van der Waals surface area contributed by atoms with Crippen LogP contribution in [0.5, 0.6) is 0 Å². The molecule has 1 N–H and O–H groups in total. The molecular weight excluding hydrogens is 340 g/mol. The molecule has 1 fully saturated rings. The van der Waals surface area contributed by atoms with Gasteiger partial charge < -0.3 is 9.30 Å². The molecule has 0 unspecified atom stereocenters. The third-order valence-electron chi connectivity index (χ3n) is 4.43. The van der Waals surface area contributed by atoms with Crippen molar-refractivity contribution in [3.05, 3.63) is 23.2 Å². The smallest absolute Gasteiger partial charge is 0.240 e. The fourth-order valence-electron chi connectivity index (χ4n) is 3.05. The number of carbonyl (C=O) groups excluding carboxylic acids is 1. The van der Waals surface area contributed by atoms with Gasteiger partial charge in [0.1, 0.15) is 17.4 Å². The van der Waals surface area contributed by atoms with Crippen molar-refractivity contribution in [3.8, 4) is 0 Å². The maximum Gasteiger partial charge on any atom is 0.240 e. The number of anilines is 1. The van der Waals surface area contributed by atoms with Gasteiger partial charge in [-0.05, 0) is 38.8 Å². The molecule has 0 radical (unpaired) electrons. The van der Waals surface area contributed by atoms with Crippen LogP contribution in [0.2, 0.25) is 0 Å². The summed E-state index contributed by atoms with van der Waals surface area (Å²) < 4.78 is 7.21. The summed E-state index contributed by atoms with van der Waals surface area (Å²) in [4.78, 5) is 18.6. The number of aromatic nitrogens is 4. The minimum atomic E-state index is -0.0379. The highest BCUT2D eigenvalue weighted by atomic mass is 32.1. The Kier molecular flexibility index (Phi) is 6.11. The second kappa shape index (κ2) is 8.50. The molecule has 25 heavy (non-hydrogen) atoms. The van der Waals surface area contributed by atoms with Crippen LogP contribution in [-0.2, 0) is 22.7 Å². The van der Waals surface area contributed by atoms with Crippen molar-refractivity contribution in [2.24, 2.45) is 5.92 Å². The number of rotatable bonds is 7.